The highest BCUT2D eigenvalue weighted by molar-refractivity contribution is 7.90. The first kappa shape index (κ1) is 13.6. The molecule has 0 spiro atoms. The molecule has 1 heterocycles. The monoisotopic (exact) mass is 293 g/mol. The van der Waals surface area contributed by atoms with Crippen LogP contribution >= 0.6 is 0 Å². The highest BCUT2D eigenvalue weighted by Gasteiger charge is 2.26. The molecule has 0 bridgehead atoms. The van der Waals surface area contributed by atoms with Gasteiger partial charge in [-0.25, -0.2) is 0 Å². The topological polar surface area (TPSA) is 61.8 Å². The Bertz CT molecular complexity index is 623. The average Bonchev–Trinajstić information content (AvgIpc) is 3.24. The Balaban J connectivity index is 1.73. The summed E-state index contributed by atoms with van der Waals surface area (Å²) in [6.07, 6.45) is 3.99. The normalized spacial score (nSPS) is 21.6. The lowest BCUT2D eigenvalue weighted by Gasteiger charge is -2.27. The second-order valence-corrected chi connectivity index (χ2v) is 7.20. The third-order valence-corrected chi connectivity index (χ3v) is 4.89. The molecule has 0 saturated heterocycles. The molecule has 1 aromatic carbocycles. The predicted molar refractivity (Wildman–Crippen MR) is 79.7 cm³/mol. The molecule has 6 heteroatoms. The molecule has 20 heavy (non-hydrogen) atoms. The minimum absolute atomic E-state index is 0.296. The molecule has 0 radical (unpaired) electrons. The largest absolute Gasteiger partial charge is 0.330 e. The van der Waals surface area contributed by atoms with Crippen molar-refractivity contribution in [1.29, 1.82) is 0 Å². The van der Waals surface area contributed by atoms with Crippen molar-refractivity contribution >= 4 is 22.0 Å². The maximum absolute atomic E-state index is 11.9. The number of hydrogen-bond acceptors (Lipinski definition) is 4. The predicted octanol–water partition coefficient (Wildman–Crippen LogP) is 1.61. The summed E-state index contributed by atoms with van der Waals surface area (Å²) >= 11 is 0. The van der Waals surface area contributed by atoms with Crippen LogP contribution in [-0.2, 0) is 10.0 Å². The lowest BCUT2D eigenvalue weighted by atomic mass is 10.1. The molecule has 5 nitrogen and oxygen atoms in total. The van der Waals surface area contributed by atoms with Crippen molar-refractivity contribution in [1.82, 2.24) is 5.32 Å². The molecule has 108 valence electrons. The van der Waals surface area contributed by atoms with Crippen molar-refractivity contribution in [2.45, 2.75) is 30.7 Å². The van der Waals surface area contributed by atoms with E-state index in [2.05, 4.69) is 16.6 Å². The highest BCUT2D eigenvalue weighted by Crippen LogP contribution is 2.29. The number of nitrogens with zero attached hydrogens (tertiary/aromatic N) is 2. The van der Waals surface area contributed by atoms with E-state index in [-0.39, 0.29) is 0 Å². The van der Waals surface area contributed by atoms with Crippen molar-refractivity contribution in [3.8, 4) is 0 Å². The summed E-state index contributed by atoms with van der Waals surface area (Å²) in [6, 6.07) is 7.72. The lowest BCUT2D eigenvalue weighted by molar-refractivity contribution is 0.518. The zero-order valence-electron chi connectivity index (χ0n) is 11.5. The van der Waals surface area contributed by atoms with Crippen LogP contribution in [0.5, 0.6) is 0 Å². The standard InChI is InChI=1S/C14H19N3O2S/c1-11(8-15-12-6-7-12)9-17-10-16-20(18,19)14-5-3-2-4-13(14)17/h2-5,10-12,15H,6-9H2,1H3. The molecule has 1 aliphatic heterocycles. The number of para-hydroxylation sites is 1. The minimum Gasteiger partial charge on any atom is -0.330 e. The zero-order valence-corrected chi connectivity index (χ0v) is 12.3. The summed E-state index contributed by atoms with van der Waals surface area (Å²) in [5, 5.41) is 3.50. The second kappa shape index (κ2) is 5.18. The molecular formula is C14H19N3O2S. The maximum Gasteiger partial charge on any atom is 0.285 e. The summed E-state index contributed by atoms with van der Waals surface area (Å²) in [4.78, 5) is 2.22. The summed E-state index contributed by atoms with van der Waals surface area (Å²) < 4.78 is 27.5. The fourth-order valence-electron chi connectivity index (χ4n) is 2.35. The van der Waals surface area contributed by atoms with Gasteiger partial charge in [0.1, 0.15) is 11.2 Å². The van der Waals surface area contributed by atoms with E-state index >= 15 is 0 Å². The second-order valence-electron chi connectivity index (χ2n) is 5.60. The van der Waals surface area contributed by atoms with Crippen LogP contribution in [-0.4, -0.2) is 33.9 Å². The van der Waals surface area contributed by atoms with Gasteiger partial charge in [0.2, 0.25) is 0 Å². The number of benzene rings is 1. The molecule has 1 aromatic rings. The fourth-order valence-corrected chi connectivity index (χ4v) is 3.40. The molecule has 1 fully saturated rings. The van der Waals surface area contributed by atoms with Gasteiger partial charge in [-0.3, -0.25) is 0 Å². The zero-order chi connectivity index (χ0) is 14.2. The van der Waals surface area contributed by atoms with Crippen molar-refractivity contribution in [2.75, 3.05) is 18.0 Å². The van der Waals surface area contributed by atoms with Crippen molar-refractivity contribution in [3.63, 3.8) is 0 Å². The van der Waals surface area contributed by atoms with Crippen LogP contribution < -0.4 is 10.2 Å². The van der Waals surface area contributed by atoms with E-state index in [0.29, 0.717) is 16.9 Å². The molecule has 1 atom stereocenters. The average molecular weight is 293 g/mol. The molecule has 2 aliphatic rings. The molecule has 3 rings (SSSR count). The number of sulfonamides is 1. The van der Waals surface area contributed by atoms with Crippen LogP contribution in [0.1, 0.15) is 19.8 Å². The number of rotatable bonds is 5. The van der Waals surface area contributed by atoms with Gasteiger partial charge in [0.15, 0.2) is 0 Å². The molecule has 1 saturated carbocycles. The van der Waals surface area contributed by atoms with Crippen LogP contribution in [0.4, 0.5) is 5.69 Å². The van der Waals surface area contributed by atoms with E-state index in [9.17, 15) is 8.42 Å². The van der Waals surface area contributed by atoms with Gasteiger partial charge in [-0.15, -0.1) is 4.40 Å². The first-order valence-corrected chi connectivity index (χ1v) is 8.40. The molecule has 0 aromatic heterocycles. The lowest BCUT2D eigenvalue weighted by Crippen LogP contribution is -2.35. The van der Waals surface area contributed by atoms with Gasteiger partial charge in [-0.2, -0.15) is 8.42 Å². The first-order valence-electron chi connectivity index (χ1n) is 6.96. The van der Waals surface area contributed by atoms with Crippen LogP contribution in [0.15, 0.2) is 33.6 Å². The summed E-state index contributed by atoms with van der Waals surface area (Å²) in [5.74, 6) is 0.427. The quantitative estimate of drug-likeness (QED) is 0.896. The number of nitrogens with one attached hydrogen (secondary N) is 1. The van der Waals surface area contributed by atoms with Crippen LogP contribution in [0.3, 0.4) is 0 Å². The molecule has 1 unspecified atom stereocenters. The number of fused-ring (bicyclic) bond motifs is 1. The van der Waals surface area contributed by atoms with E-state index in [1.165, 1.54) is 19.2 Å². The minimum atomic E-state index is -3.51. The van der Waals surface area contributed by atoms with E-state index < -0.39 is 10.0 Å². The Kier molecular flexibility index (Phi) is 3.52. The number of hydrogen-bond donors (Lipinski definition) is 1. The van der Waals surface area contributed by atoms with E-state index in [1.807, 2.05) is 17.0 Å². The fraction of sp³-hybridized carbons (Fsp3) is 0.500. The van der Waals surface area contributed by atoms with Crippen LogP contribution in [0, 0.1) is 5.92 Å². The molecule has 1 N–H and O–H groups in total. The Hall–Kier alpha value is -1.40. The Labute approximate surface area is 119 Å². The third kappa shape index (κ3) is 2.86. The highest BCUT2D eigenvalue weighted by atomic mass is 32.2. The van der Waals surface area contributed by atoms with E-state index in [0.717, 1.165) is 18.8 Å². The van der Waals surface area contributed by atoms with Gasteiger partial charge >= 0.3 is 0 Å². The van der Waals surface area contributed by atoms with Crippen LogP contribution in [0.2, 0.25) is 0 Å². The molecular weight excluding hydrogens is 274 g/mol. The smallest absolute Gasteiger partial charge is 0.285 e. The Morgan fingerprint density at radius 1 is 1.40 bits per heavy atom. The van der Waals surface area contributed by atoms with Gasteiger partial charge in [0, 0.05) is 12.6 Å². The van der Waals surface area contributed by atoms with E-state index in [4.69, 9.17) is 0 Å². The van der Waals surface area contributed by atoms with Gasteiger partial charge in [-0.05, 0) is 37.4 Å². The maximum atomic E-state index is 11.9. The van der Waals surface area contributed by atoms with E-state index in [1.54, 1.807) is 12.1 Å². The number of anilines is 1. The summed E-state index contributed by atoms with van der Waals surface area (Å²) in [6.45, 7) is 3.87. The summed E-state index contributed by atoms with van der Waals surface area (Å²) in [7, 11) is -3.51. The SMILES string of the molecule is CC(CNC1CC1)CN1C=NS(=O)(=O)c2ccccc21. The third-order valence-electron chi connectivity index (χ3n) is 3.62. The first-order chi connectivity index (χ1) is 9.56. The van der Waals surface area contributed by atoms with Crippen molar-refractivity contribution < 1.29 is 8.42 Å². The van der Waals surface area contributed by atoms with Crippen molar-refractivity contribution in [2.24, 2.45) is 10.3 Å². The molecule has 0 amide bonds. The molecule has 1 aliphatic carbocycles. The van der Waals surface area contributed by atoms with Gasteiger partial charge in [-0.1, -0.05) is 19.1 Å². The van der Waals surface area contributed by atoms with Crippen molar-refractivity contribution in [3.05, 3.63) is 24.3 Å². The Morgan fingerprint density at radius 2 is 2.15 bits per heavy atom. The Morgan fingerprint density at radius 3 is 2.90 bits per heavy atom. The summed E-state index contributed by atoms with van der Waals surface area (Å²) in [5.41, 5.74) is 0.723. The van der Waals surface area contributed by atoms with Gasteiger partial charge < -0.3 is 10.2 Å². The van der Waals surface area contributed by atoms with Gasteiger partial charge in [0.25, 0.3) is 10.0 Å². The van der Waals surface area contributed by atoms with Gasteiger partial charge in [0.05, 0.1) is 5.69 Å². The van der Waals surface area contributed by atoms with Crippen LogP contribution in [0.25, 0.3) is 0 Å².